The van der Waals surface area contributed by atoms with Gasteiger partial charge in [-0.1, -0.05) is 50.4 Å². The van der Waals surface area contributed by atoms with Crippen molar-refractivity contribution in [2.75, 3.05) is 13.7 Å². The lowest BCUT2D eigenvalue weighted by Gasteiger charge is -2.28. The molecule has 4 rings (SSSR count). The molecule has 0 amide bonds. The van der Waals surface area contributed by atoms with E-state index in [1.807, 2.05) is 32.9 Å². The van der Waals surface area contributed by atoms with Crippen LogP contribution in [-0.2, 0) is 26.0 Å². The van der Waals surface area contributed by atoms with E-state index >= 15 is 0 Å². The summed E-state index contributed by atoms with van der Waals surface area (Å²) in [4.78, 5) is 25.5. The monoisotopic (exact) mass is 552 g/mol. The first kappa shape index (κ1) is 27.8. The number of hydrogen-bond donors (Lipinski definition) is 1. The number of aromatic amines is 1. The zero-order chi connectivity index (χ0) is 27.4. The Kier molecular flexibility index (Phi) is 8.54. The molecule has 8 nitrogen and oxygen atoms in total. The number of aromatic nitrogens is 3. The van der Waals surface area contributed by atoms with Gasteiger partial charge in [-0.2, -0.15) is 4.31 Å². The predicted molar refractivity (Wildman–Crippen MR) is 151 cm³/mol. The molecule has 2 aromatic heterocycles. The van der Waals surface area contributed by atoms with Crippen molar-refractivity contribution in [1.29, 1.82) is 0 Å². The molecule has 0 saturated heterocycles. The Morgan fingerprint density at radius 3 is 2.63 bits per heavy atom. The third-order valence-electron chi connectivity index (χ3n) is 6.45. The maximum atomic E-state index is 13.5. The quantitative estimate of drug-likeness (QED) is 0.287. The fourth-order valence-electron chi connectivity index (χ4n) is 4.42. The number of ether oxygens (including phenoxy) is 1. The van der Waals surface area contributed by atoms with Crippen molar-refractivity contribution in [2.45, 2.75) is 51.0 Å². The summed E-state index contributed by atoms with van der Waals surface area (Å²) >= 11 is 5.27. The first-order valence-electron chi connectivity index (χ1n) is 12.5. The number of allylic oxidation sites excluding steroid dienone is 3. The number of carbonyl (C=O) groups excluding carboxylic acids is 1. The number of pyridine rings is 1. The van der Waals surface area contributed by atoms with Crippen LogP contribution in [0.3, 0.4) is 0 Å². The Morgan fingerprint density at radius 2 is 1.95 bits per heavy atom. The van der Waals surface area contributed by atoms with E-state index in [2.05, 4.69) is 15.0 Å². The molecule has 0 unspecified atom stereocenters. The molecule has 1 aliphatic rings. The number of H-pyrrole nitrogens is 1. The number of rotatable bonds is 10. The maximum Gasteiger partial charge on any atom is 0.339 e. The SMILES string of the molecule is Cc1nc2c(Cc3ccc(S(=O)(=O)N(C)[C@H](COC(=O)C4=CC=CCC4=S)CC(C)C)cc3)nccc2[nH]1. The van der Waals surface area contributed by atoms with Crippen LogP contribution in [-0.4, -0.2) is 58.2 Å². The summed E-state index contributed by atoms with van der Waals surface area (Å²) in [6, 6.07) is 8.15. The Labute approximate surface area is 228 Å². The minimum atomic E-state index is -3.83. The molecule has 1 N–H and O–H groups in total. The molecule has 0 fully saturated rings. The lowest BCUT2D eigenvalue weighted by molar-refractivity contribution is -0.139. The standard InChI is InChI=1S/C28H32N4O4S2/c1-18(2)15-21(17-36-28(33)23-7-5-6-8-26(23)37)32(4)38(34,35)22-11-9-20(10-12-22)16-25-27-24(13-14-29-25)30-19(3)31-27/h5-7,9-14,18,21H,8,15-17H2,1-4H3,(H,30,31)/t21-/m0/s1. The smallest absolute Gasteiger partial charge is 0.339 e. The van der Waals surface area contributed by atoms with Crippen LogP contribution in [0.5, 0.6) is 0 Å². The molecule has 0 spiro atoms. The molecule has 10 heteroatoms. The molecular weight excluding hydrogens is 520 g/mol. The van der Waals surface area contributed by atoms with Gasteiger partial charge in [0, 0.05) is 31.0 Å². The van der Waals surface area contributed by atoms with E-state index in [4.69, 9.17) is 17.0 Å². The number of likely N-dealkylation sites (N-methyl/N-ethyl adjacent to an activating group) is 1. The first-order chi connectivity index (χ1) is 18.1. The van der Waals surface area contributed by atoms with E-state index in [1.165, 1.54) is 11.4 Å². The van der Waals surface area contributed by atoms with Gasteiger partial charge in [-0.3, -0.25) is 4.98 Å². The van der Waals surface area contributed by atoms with Gasteiger partial charge in [-0.05, 0) is 49.1 Å². The molecule has 38 heavy (non-hydrogen) atoms. The Bertz CT molecular complexity index is 1510. The zero-order valence-corrected chi connectivity index (χ0v) is 23.6. The number of aryl methyl sites for hydroxylation is 1. The second-order valence-electron chi connectivity index (χ2n) is 9.84. The number of esters is 1. The van der Waals surface area contributed by atoms with Crippen molar-refractivity contribution in [3.63, 3.8) is 0 Å². The van der Waals surface area contributed by atoms with Crippen molar-refractivity contribution < 1.29 is 17.9 Å². The molecule has 200 valence electrons. The van der Waals surface area contributed by atoms with Crippen molar-refractivity contribution in [3.8, 4) is 0 Å². The fourth-order valence-corrected chi connectivity index (χ4v) is 6.02. The average molecular weight is 553 g/mol. The third kappa shape index (κ3) is 6.25. The number of nitrogens with one attached hydrogen (secondary N) is 1. The van der Waals surface area contributed by atoms with Gasteiger partial charge in [-0.25, -0.2) is 18.2 Å². The number of carbonyl (C=O) groups is 1. The Morgan fingerprint density at radius 1 is 1.21 bits per heavy atom. The number of nitrogens with zero attached hydrogens (tertiary/aromatic N) is 3. The number of imidazole rings is 1. The third-order valence-corrected chi connectivity index (χ3v) is 8.76. The van der Waals surface area contributed by atoms with Gasteiger partial charge in [0.05, 0.1) is 27.7 Å². The van der Waals surface area contributed by atoms with Crippen molar-refractivity contribution >= 4 is 44.1 Å². The molecule has 0 saturated carbocycles. The van der Waals surface area contributed by atoms with Crippen LogP contribution in [0.1, 0.15) is 43.8 Å². The van der Waals surface area contributed by atoms with Gasteiger partial charge in [0.2, 0.25) is 10.0 Å². The summed E-state index contributed by atoms with van der Waals surface area (Å²) in [6.45, 7) is 5.84. The number of hydrogen-bond acceptors (Lipinski definition) is 7. The van der Waals surface area contributed by atoms with Gasteiger partial charge < -0.3 is 9.72 Å². The van der Waals surface area contributed by atoms with Crippen LogP contribution in [0.4, 0.5) is 0 Å². The lowest BCUT2D eigenvalue weighted by Crippen LogP contribution is -2.41. The average Bonchev–Trinajstić information content (AvgIpc) is 3.27. The summed E-state index contributed by atoms with van der Waals surface area (Å²) in [6.07, 6.45) is 8.59. The molecule has 2 heterocycles. The van der Waals surface area contributed by atoms with E-state index in [9.17, 15) is 13.2 Å². The molecule has 1 aromatic carbocycles. The normalized spacial score (nSPS) is 14.8. The van der Waals surface area contributed by atoms with Crippen molar-refractivity contribution in [1.82, 2.24) is 19.3 Å². The molecule has 1 aliphatic carbocycles. The Balaban J connectivity index is 1.48. The first-order valence-corrected chi connectivity index (χ1v) is 14.4. The molecule has 1 atom stereocenters. The van der Waals surface area contributed by atoms with Crippen molar-refractivity contribution in [2.24, 2.45) is 5.92 Å². The van der Waals surface area contributed by atoms with Crippen LogP contribution >= 0.6 is 12.2 Å². The minimum absolute atomic E-state index is 0.0623. The summed E-state index contributed by atoms with van der Waals surface area (Å²) in [7, 11) is -2.30. The van der Waals surface area contributed by atoms with Crippen LogP contribution in [0, 0.1) is 12.8 Å². The van der Waals surface area contributed by atoms with Crippen LogP contribution in [0.2, 0.25) is 0 Å². The zero-order valence-electron chi connectivity index (χ0n) is 22.0. The predicted octanol–water partition coefficient (Wildman–Crippen LogP) is 4.69. The molecular formula is C28H32N4O4S2. The van der Waals surface area contributed by atoms with Gasteiger partial charge in [0.15, 0.2) is 0 Å². The summed E-state index contributed by atoms with van der Waals surface area (Å²) in [5, 5.41) is 0. The van der Waals surface area contributed by atoms with Crippen LogP contribution in [0.15, 0.2) is 65.2 Å². The van der Waals surface area contributed by atoms with Crippen molar-refractivity contribution in [3.05, 3.63) is 77.4 Å². The summed E-state index contributed by atoms with van der Waals surface area (Å²) in [5.74, 6) is 0.479. The minimum Gasteiger partial charge on any atom is -0.460 e. The summed E-state index contributed by atoms with van der Waals surface area (Å²) < 4.78 is 33.9. The number of sulfonamides is 1. The lowest BCUT2D eigenvalue weighted by atomic mass is 10.0. The second-order valence-corrected chi connectivity index (χ2v) is 12.3. The highest BCUT2D eigenvalue weighted by atomic mass is 32.2. The van der Waals surface area contributed by atoms with Gasteiger partial charge in [0.25, 0.3) is 0 Å². The van der Waals surface area contributed by atoms with E-state index in [0.717, 1.165) is 28.1 Å². The maximum absolute atomic E-state index is 13.5. The second kappa shape index (κ2) is 11.7. The molecule has 0 bridgehead atoms. The highest BCUT2D eigenvalue weighted by Gasteiger charge is 2.30. The van der Waals surface area contributed by atoms with Crippen LogP contribution in [0.25, 0.3) is 11.0 Å². The van der Waals surface area contributed by atoms with E-state index in [-0.39, 0.29) is 17.4 Å². The van der Waals surface area contributed by atoms with E-state index < -0.39 is 22.0 Å². The largest absolute Gasteiger partial charge is 0.460 e. The van der Waals surface area contributed by atoms with E-state index in [1.54, 1.807) is 42.6 Å². The van der Waals surface area contributed by atoms with Gasteiger partial charge >= 0.3 is 5.97 Å². The van der Waals surface area contributed by atoms with Gasteiger partial charge in [-0.15, -0.1) is 0 Å². The highest BCUT2D eigenvalue weighted by Crippen LogP contribution is 2.23. The molecule has 3 aromatic rings. The fraction of sp³-hybridized carbons (Fsp3) is 0.357. The van der Waals surface area contributed by atoms with E-state index in [0.29, 0.717) is 29.7 Å². The topological polar surface area (TPSA) is 105 Å². The highest BCUT2D eigenvalue weighted by molar-refractivity contribution is 7.89. The number of benzene rings is 1. The molecule has 0 radical (unpaired) electrons. The van der Waals surface area contributed by atoms with Gasteiger partial charge in [0.1, 0.15) is 17.9 Å². The number of thiocarbonyl (C=S) groups is 1. The Hall–Kier alpha value is -3.21. The molecule has 0 aliphatic heterocycles. The summed E-state index contributed by atoms with van der Waals surface area (Å²) in [5.41, 5.74) is 3.82. The van der Waals surface area contributed by atoms with Crippen LogP contribution < -0.4 is 0 Å². The number of fused-ring (bicyclic) bond motifs is 1.